The Hall–Kier alpha value is -1.02. The molecule has 0 aromatic heterocycles. The number of hydrogen-bond donors (Lipinski definition) is 1. The van der Waals surface area contributed by atoms with Gasteiger partial charge < -0.3 is 5.73 Å². The van der Waals surface area contributed by atoms with Crippen LogP contribution in [-0.4, -0.2) is 11.4 Å². The number of hydrogen-bond acceptors (Lipinski definition) is 2. The zero-order valence-electron chi connectivity index (χ0n) is 11.4. The van der Waals surface area contributed by atoms with E-state index in [1.807, 2.05) is 6.07 Å². The summed E-state index contributed by atoms with van der Waals surface area (Å²) in [5.74, 6) is 1.84. The van der Waals surface area contributed by atoms with Crippen molar-refractivity contribution in [2.45, 2.75) is 45.7 Å². The molecule has 1 aromatic rings. The molecule has 0 saturated heterocycles. The highest BCUT2D eigenvalue weighted by Gasteiger charge is 2.25. The third-order valence-corrected chi connectivity index (χ3v) is 4.65. The van der Waals surface area contributed by atoms with Gasteiger partial charge in [-0.25, -0.2) is 0 Å². The number of anilines is 1. The zero-order chi connectivity index (χ0) is 12.5. The molecule has 1 aliphatic heterocycles. The summed E-state index contributed by atoms with van der Waals surface area (Å²) in [5, 5.41) is 0. The Balaban J connectivity index is 1.62. The fourth-order valence-corrected chi connectivity index (χ4v) is 3.74. The van der Waals surface area contributed by atoms with Crippen molar-refractivity contribution in [1.29, 1.82) is 0 Å². The lowest BCUT2D eigenvalue weighted by molar-refractivity contribution is 0.180. The number of fused-ring (bicyclic) bond motifs is 1. The van der Waals surface area contributed by atoms with Crippen LogP contribution in [0.5, 0.6) is 0 Å². The molecule has 1 saturated carbocycles. The van der Waals surface area contributed by atoms with Gasteiger partial charge in [0.1, 0.15) is 0 Å². The Kier molecular flexibility index (Phi) is 3.29. The molecule has 3 rings (SSSR count). The summed E-state index contributed by atoms with van der Waals surface area (Å²) in [4.78, 5) is 2.59. The molecule has 1 aromatic carbocycles. The lowest BCUT2D eigenvalue weighted by Crippen LogP contribution is -2.27. The highest BCUT2D eigenvalue weighted by molar-refractivity contribution is 5.52. The average Bonchev–Trinajstić information content (AvgIpc) is 2.73. The van der Waals surface area contributed by atoms with Crippen LogP contribution in [0, 0.1) is 11.8 Å². The number of benzene rings is 1. The van der Waals surface area contributed by atoms with Crippen molar-refractivity contribution in [3.05, 3.63) is 29.3 Å². The summed E-state index contributed by atoms with van der Waals surface area (Å²) < 4.78 is 0. The number of nitrogens with two attached hydrogens (primary N) is 1. The maximum absolute atomic E-state index is 6.06. The van der Waals surface area contributed by atoms with E-state index in [1.54, 1.807) is 0 Å². The van der Waals surface area contributed by atoms with Gasteiger partial charge in [0.2, 0.25) is 0 Å². The highest BCUT2D eigenvalue weighted by Crippen LogP contribution is 2.33. The Labute approximate surface area is 110 Å². The first-order valence-electron chi connectivity index (χ1n) is 7.31. The normalized spacial score (nSPS) is 28.3. The van der Waals surface area contributed by atoms with E-state index in [-0.39, 0.29) is 0 Å². The smallest absolute Gasteiger partial charge is 0.0363 e. The lowest BCUT2D eigenvalue weighted by atomic mass is 9.82. The number of nitrogen functional groups attached to an aromatic ring is 1. The van der Waals surface area contributed by atoms with Gasteiger partial charge in [-0.1, -0.05) is 31.9 Å². The first-order valence-corrected chi connectivity index (χ1v) is 7.31. The Bertz CT molecular complexity index is 427. The van der Waals surface area contributed by atoms with Crippen LogP contribution >= 0.6 is 0 Å². The van der Waals surface area contributed by atoms with Gasteiger partial charge in [0.15, 0.2) is 0 Å². The molecule has 2 heteroatoms. The van der Waals surface area contributed by atoms with Gasteiger partial charge in [0.05, 0.1) is 0 Å². The van der Waals surface area contributed by atoms with Crippen molar-refractivity contribution in [1.82, 2.24) is 4.90 Å². The van der Waals surface area contributed by atoms with Crippen LogP contribution in [-0.2, 0) is 13.1 Å². The second-order valence-corrected chi connectivity index (χ2v) is 6.29. The molecular formula is C16H24N2. The Morgan fingerprint density at radius 1 is 1.28 bits per heavy atom. The summed E-state index contributed by atoms with van der Waals surface area (Å²) >= 11 is 0. The van der Waals surface area contributed by atoms with Crippen molar-refractivity contribution in [2.24, 2.45) is 11.8 Å². The third-order valence-electron chi connectivity index (χ3n) is 4.65. The molecule has 0 radical (unpaired) electrons. The van der Waals surface area contributed by atoms with Crippen molar-refractivity contribution in [3.63, 3.8) is 0 Å². The second kappa shape index (κ2) is 4.93. The molecule has 2 atom stereocenters. The highest BCUT2D eigenvalue weighted by atomic mass is 15.1. The quantitative estimate of drug-likeness (QED) is 0.808. The summed E-state index contributed by atoms with van der Waals surface area (Å²) in [6.07, 6.45) is 5.70. The van der Waals surface area contributed by atoms with E-state index in [9.17, 15) is 0 Å². The van der Waals surface area contributed by atoms with Gasteiger partial charge in [-0.05, 0) is 41.9 Å². The van der Waals surface area contributed by atoms with Gasteiger partial charge in [0, 0.05) is 25.3 Å². The van der Waals surface area contributed by atoms with E-state index in [1.165, 1.54) is 43.4 Å². The predicted molar refractivity (Wildman–Crippen MR) is 76.1 cm³/mol. The van der Waals surface area contributed by atoms with E-state index >= 15 is 0 Å². The minimum Gasteiger partial charge on any atom is -0.398 e. The fourth-order valence-electron chi connectivity index (χ4n) is 3.74. The van der Waals surface area contributed by atoms with Crippen LogP contribution in [0.25, 0.3) is 0 Å². The first-order chi connectivity index (χ1) is 8.72. The molecule has 0 spiro atoms. The first kappa shape index (κ1) is 12.0. The zero-order valence-corrected chi connectivity index (χ0v) is 11.4. The van der Waals surface area contributed by atoms with Gasteiger partial charge in [-0.3, -0.25) is 4.90 Å². The van der Waals surface area contributed by atoms with Gasteiger partial charge >= 0.3 is 0 Å². The third kappa shape index (κ3) is 2.39. The molecule has 2 nitrogen and oxygen atoms in total. The van der Waals surface area contributed by atoms with Crippen LogP contribution in [0.1, 0.15) is 43.7 Å². The maximum atomic E-state index is 6.06. The van der Waals surface area contributed by atoms with E-state index in [0.717, 1.165) is 30.6 Å². The van der Waals surface area contributed by atoms with Crippen molar-refractivity contribution in [2.75, 3.05) is 12.3 Å². The van der Waals surface area contributed by atoms with E-state index in [0.29, 0.717) is 0 Å². The SMILES string of the molecule is CC1CCCC(CN2Cc3cccc(N)c3C2)C1. The lowest BCUT2D eigenvalue weighted by Gasteiger charge is -2.30. The van der Waals surface area contributed by atoms with Crippen LogP contribution in [0.15, 0.2) is 18.2 Å². The standard InChI is InChI=1S/C16H24N2/c1-12-4-2-5-13(8-12)9-18-10-14-6-3-7-16(17)15(14)11-18/h3,6-7,12-13H,2,4-5,8-11,17H2,1H3. The second-order valence-electron chi connectivity index (χ2n) is 6.29. The number of nitrogens with zero attached hydrogens (tertiary/aromatic N) is 1. The summed E-state index contributed by atoms with van der Waals surface area (Å²) in [6, 6.07) is 6.35. The van der Waals surface area contributed by atoms with Crippen LogP contribution in [0.4, 0.5) is 5.69 Å². The molecule has 0 amide bonds. The Morgan fingerprint density at radius 3 is 2.94 bits per heavy atom. The molecule has 0 bridgehead atoms. The molecule has 18 heavy (non-hydrogen) atoms. The molecule has 1 aliphatic carbocycles. The summed E-state index contributed by atoms with van der Waals surface area (Å²) in [6.45, 7) is 5.83. The van der Waals surface area contributed by atoms with Gasteiger partial charge in [-0.15, -0.1) is 0 Å². The van der Waals surface area contributed by atoms with Crippen LogP contribution in [0.3, 0.4) is 0 Å². The largest absolute Gasteiger partial charge is 0.398 e. The molecule has 1 fully saturated rings. The van der Waals surface area contributed by atoms with Crippen LogP contribution < -0.4 is 5.73 Å². The van der Waals surface area contributed by atoms with Crippen LogP contribution in [0.2, 0.25) is 0 Å². The molecule has 1 heterocycles. The van der Waals surface area contributed by atoms with Crippen molar-refractivity contribution < 1.29 is 0 Å². The maximum Gasteiger partial charge on any atom is 0.0363 e. The predicted octanol–water partition coefficient (Wildman–Crippen LogP) is 3.41. The summed E-state index contributed by atoms with van der Waals surface area (Å²) in [7, 11) is 0. The monoisotopic (exact) mass is 244 g/mol. The number of rotatable bonds is 2. The molecule has 98 valence electrons. The van der Waals surface area contributed by atoms with Gasteiger partial charge in [0.25, 0.3) is 0 Å². The molecule has 2 N–H and O–H groups in total. The van der Waals surface area contributed by atoms with Crippen molar-refractivity contribution in [3.8, 4) is 0 Å². The molecule has 2 unspecified atom stereocenters. The van der Waals surface area contributed by atoms with Gasteiger partial charge in [-0.2, -0.15) is 0 Å². The summed E-state index contributed by atoms with van der Waals surface area (Å²) in [5.41, 5.74) is 9.86. The Morgan fingerprint density at radius 2 is 2.17 bits per heavy atom. The van der Waals surface area contributed by atoms with E-state index in [2.05, 4.69) is 24.0 Å². The molecular weight excluding hydrogens is 220 g/mol. The average molecular weight is 244 g/mol. The molecule has 2 aliphatic rings. The van der Waals surface area contributed by atoms with E-state index < -0.39 is 0 Å². The topological polar surface area (TPSA) is 29.3 Å². The fraction of sp³-hybridized carbons (Fsp3) is 0.625. The minimum absolute atomic E-state index is 0.907. The van der Waals surface area contributed by atoms with E-state index in [4.69, 9.17) is 5.73 Å². The van der Waals surface area contributed by atoms with Crippen molar-refractivity contribution >= 4 is 5.69 Å². The minimum atomic E-state index is 0.907.